The standard InChI is InChI=1S/C33H36N6O8S3/c1-15(2)32-28(46)39-25-30(17-11-7-9-13-19(17)35-25,23(43)33(39,49-50-48-32)27(45)37(32)4)29-16-10-6-8-12-18(16)34-24(29)38-21(41)20(14-40)36(3)26(44)31(38,47-5)22(29)42/h6-13,15,20,22-25,34-35,40,42-43H,14H2,1-5H3. The highest BCUT2D eigenvalue weighted by Gasteiger charge is 2.91. The maximum absolute atomic E-state index is 15.3. The van der Waals surface area contributed by atoms with Crippen molar-refractivity contribution in [2.45, 2.75) is 70.7 Å². The third-order valence-electron chi connectivity index (χ3n) is 12.6. The van der Waals surface area contributed by atoms with Gasteiger partial charge in [-0.1, -0.05) is 50.2 Å². The molecule has 8 aliphatic heterocycles. The molecule has 10 unspecified atom stereocenters. The number of carbonyl (C=O) groups is 4. The van der Waals surface area contributed by atoms with Crippen molar-refractivity contribution < 1.29 is 39.2 Å². The van der Waals surface area contributed by atoms with Crippen molar-refractivity contribution in [1.82, 2.24) is 19.6 Å². The van der Waals surface area contributed by atoms with E-state index in [0.717, 1.165) is 15.7 Å². The summed E-state index contributed by atoms with van der Waals surface area (Å²) in [5.74, 6) is -2.63. The molecule has 2 aromatic rings. The molecule has 6 saturated heterocycles. The zero-order valence-electron chi connectivity index (χ0n) is 27.7. The number of nitrogens with one attached hydrogen (secondary N) is 2. The number of fused-ring (bicyclic) bond motifs is 12. The molecule has 14 nitrogen and oxygen atoms in total. The van der Waals surface area contributed by atoms with Gasteiger partial charge in [0.25, 0.3) is 29.4 Å². The Balaban J connectivity index is 1.43. The first-order valence-corrected chi connectivity index (χ1v) is 19.8. The average Bonchev–Trinajstić information content (AvgIpc) is 3.70. The minimum atomic E-state index is -2.32. The first-order chi connectivity index (χ1) is 23.8. The SMILES string of the molecule is COC12C(=O)N(C)C(CO)C(=O)N1C1Nc3ccccc3C1(C13c4ccccc4NC1N1C(=O)C4(C(C)C)SSSC1(C(=O)N4C)C3O)C2O. The number of likely N-dealkylation sites (N-methyl/N-ethyl adjacent to an activating group) is 2. The van der Waals surface area contributed by atoms with Crippen molar-refractivity contribution in [2.75, 3.05) is 38.4 Å². The van der Waals surface area contributed by atoms with Gasteiger partial charge in [-0.2, -0.15) is 0 Å². The van der Waals surface area contributed by atoms with Crippen LogP contribution >= 0.6 is 31.4 Å². The van der Waals surface area contributed by atoms with Crippen molar-refractivity contribution in [1.29, 1.82) is 0 Å². The van der Waals surface area contributed by atoms with Crippen LogP contribution in [-0.4, -0.2) is 132 Å². The van der Waals surface area contributed by atoms with Crippen LogP contribution in [0.5, 0.6) is 0 Å². The van der Waals surface area contributed by atoms with E-state index in [9.17, 15) is 24.9 Å². The summed E-state index contributed by atoms with van der Waals surface area (Å²) in [5.41, 5.74) is -3.90. The van der Waals surface area contributed by atoms with Crippen LogP contribution in [0, 0.1) is 5.92 Å². The van der Waals surface area contributed by atoms with E-state index in [0.29, 0.717) is 22.5 Å². The fourth-order valence-corrected chi connectivity index (χ4v) is 16.8. The van der Waals surface area contributed by atoms with Gasteiger partial charge in [0.05, 0.1) is 17.4 Å². The summed E-state index contributed by atoms with van der Waals surface area (Å²) in [5, 5.41) is 44.1. The molecule has 4 amide bonds. The van der Waals surface area contributed by atoms with Crippen molar-refractivity contribution in [3.63, 3.8) is 0 Å². The number of ether oxygens (including phenoxy) is 1. The molecule has 8 heterocycles. The molecule has 0 aromatic heterocycles. The zero-order valence-corrected chi connectivity index (χ0v) is 30.1. The van der Waals surface area contributed by atoms with Crippen LogP contribution in [0.1, 0.15) is 25.0 Å². The molecule has 10 atom stereocenters. The van der Waals surface area contributed by atoms with E-state index in [1.807, 2.05) is 26.0 Å². The van der Waals surface area contributed by atoms with Gasteiger partial charge in [-0.05, 0) is 60.6 Å². The first kappa shape index (κ1) is 32.7. The summed E-state index contributed by atoms with van der Waals surface area (Å²) in [4.78, 5) is 61.5. The summed E-state index contributed by atoms with van der Waals surface area (Å²) >= 11 is 0. The fraction of sp³-hybridized carbons (Fsp3) is 0.515. The lowest BCUT2D eigenvalue weighted by Crippen LogP contribution is -2.75. The highest BCUT2D eigenvalue weighted by Crippen LogP contribution is 2.76. The minimum absolute atomic E-state index is 0.335. The Hall–Kier alpha value is -3.19. The van der Waals surface area contributed by atoms with Crippen molar-refractivity contribution in [2.24, 2.45) is 5.92 Å². The molecule has 6 fully saturated rings. The maximum Gasteiger partial charge on any atom is 0.279 e. The molecular weight excluding hydrogens is 705 g/mol. The molecular formula is C33H36N6O8S3. The Morgan fingerprint density at radius 1 is 0.820 bits per heavy atom. The van der Waals surface area contributed by atoms with Crippen molar-refractivity contribution in [3.05, 3.63) is 59.7 Å². The highest BCUT2D eigenvalue weighted by molar-refractivity contribution is 9.10. The van der Waals surface area contributed by atoms with Gasteiger partial charge in [-0.25, -0.2) is 0 Å². The number of piperazine rings is 2. The van der Waals surface area contributed by atoms with Crippen molar-refractivity contribution in [3.8, 4) is 0 Å². The number of para-hydroxylation sites is 2. The number of benzene rings is 2. The number of methoxy groups -OCH3 is 1. The molecule has 2 bridgehead atoms. The van der Waals surface area contributed by atoms with Gasteiger partial charge < -0.3 is 40.5 Å². The van der Waals surface area contributed by atoms with Gasteiger partial charge in [0.15, 0.2) is 4.87 Å². The molecule has 17 heteroatoms. The average molecular weight is 741 g/mol. The fourth-order valence-electron chi connectivity index (χ4n) is 10.5. The summed E-state index contributed by atoms with van der Waals surface area (Å²) in [6.07, 6.45) is -6.00. The van der Waals surface area contributed by atoms with Crippen LogP contribution in [0.3, 0.4) is 0 Å². The second-order valence-corrected chi connectivity index (χ2v) is 18.6. The van der Waals surface area contributed by atoms with E-state index in [2.05, 4.69) is 10.6 Å². The number of anilines is 2. The maximum atomic E-state index is 15.3. The summed E-state index contributed by atoms with van der Waals surface area (Å²) in [7, 11) is 7.85. The van der Waals surface area contributed by atoms with E-state index in [1.54, 1.807) is 43.4 Å². The molecule has 5 N–H and O–H groups in total. The van der Waals surface area contributed by atoms with Gasteiger partial charge >= 0.3 is 0 Å². The highest BCUT2D eigenvalue weighted by atomic mass is 33.5. The summed E-state index contributed by atoms with van der Waals surface area (Å²) < 4.78 is 6.04. The minimum Gasteiger partial charge on any atom is -0.394 e. The Labute approximate surface area is 299 Å². The number of carbonyl (C=O) groups excluding carboxylic acids is 4. The third-order valence-corrected chi connectivity index (χ3v) is 17.9. The Bertz CT molecular complexity index is 1920. The quantitative estimate of drug-likeness (QED) is 0.275. The summed E-state index contributed by atoms with van der Waals surface area (Å²) in [6.45, 7) is 3.08. The third kappa shape index (κ3) is 2.95. The summed E-state index contributed by atoms with van der Waals surface area (Å²) in [6, 6.07) is 13.0. The van der Waals surface area contributed by atoms with Gasteiger partial charge in [0.1, 0.15) is 30.6 Å². The Morgan fingerprint density at radius 3 is 1.94 bits per heavy atom. The lowest BCUT2D eigenvalue weighted by Gasteiger charge is -2.52. The van der Waals surface area contributed by atoms with Crippen LogP contribution in [-0.2, 0) is 34.7 Å². The number of nitrogens with zero attached hydrogens (tertiary/aromatic N) is 4. The molecule has 2 aromatic carbocycles. The lowest BCUT2D eigenvalue weighted by molar-refractivity contribution is -0.218. The predicted molar refractivity (Wildman–Crippen MR) is 186 cm³/mol. The van der Waals surface area contributed by atoms with Gasteiger partial charge in [-0.15, -0.1) is 0 Å². The largest absolute Gasteiger partial charge is 0.394 e. The van der Waals surface area contributed by atoms with Crippen LogP contribution in [0.15, 0.2) is 48.5 Å². The lowest BCUT2D eigenvalue weighted by atomic mass is 9.51. The second kappa shape index (κ2) is 10.0. The van der Waals surface area contributed by atoms with Gasteiger partial charge in [0.2, 0.25) is 4.87 Å². The number of hydrogen-bond acceptors (Lipinski definition) is 13. The molecule has 0 aliphatic carbocycles. The normalized spacial score (nSPS) is 42.2. The zero-order chi connectivity index (χ0) is 35.5. The van der Waals surface area contributed by atoms with E-state index in [-0.39, 0.29) is 11.8 Å². The van der Waals surface area contributed by atoms with Crippen LogP contribution in [0.25, 0.3) is 0 Å². The number of aliphatic hydroxyl groups is 3. The molecule has 1 spiro atoms. The van der Waals surface area contributed by atoms with Crippen LogP contribution in [0.4, 0.5) is 11.4 Å². The van der Waals surface area contributed by atoms with Crippen molar-refractivity contribution >= 4 is 66.4 Å². The van der Waals surface area contributed by atoms with E-state index in [4.69, 9.17) is 4.74 Å². The number of amides is 4. The smallest absolute Gasteiger partial charge is 0.279 e. The number of rotatable bonds is 4. The Kier molecular flexibility index (Phi) is 6.55. The Morgan fingerprint density at radius 2 is 1.38 bits per heavy atom. The van der Waals surface area contributed by atoms with Crippen LogP contribution in [0.2, 0.25) is 0 Å². The molecule has 10 rings (SSSR count). The molecule has 50 heavy (non-hydrogen) atoms. The number of hydrogen-bond donors (Lipinski definition) is 5. The first-order valence-electron chi connectivity index (χ1n) is 16.3. The second-order valence-electron chi connectivity index (χ2n) is 14.3. The monoisotopic (exact) mass is 740 g/mol. The molecule has 0 saturated carbocycles. The van der Waals surface area contributed by atoms with E-state index < -0.39 is 81.2 Å². The van der Waals surface area contributed by atoms with Gasteiger partial charge in [-0.3, -0.25) is 29.0 Å². The van der Waals surface area contributed by atoms with Crippen LogP contribution < -0.4 is 10.6 Å². The predicted octanol–water partition coefficient (Wildman–Crippen LogP) is 0.511. The molecule has 264 valence electrons. The molecule has 8 aliphatic rings. The topological polar surface area (TPSA) is 175 Å². The number of aliphatic hydroxyl groups excluding tert-OH is 3. The molecule has 0 radical (unpaired) electrons. The van der Waals surface area contributed by atoms with E-state index in [1.165, 1.54) is 49.5 Å². The van der Waals surface area contributed by atoms with Gasteiger partial charge in [0, 0.05) is 32.6 Å². The van der Waals surface area contributed by atoms with E-state index >= 15 is 9.59 Å².